The van der Waals surface area contributed by atoms with Gasteiger partial charge in [0.2, 0.25) is 5.89 Å². The molecule has 1 aliphatic heterocycles. The van der Waals surface area contributed by atoms with Gasteiger partial charge in [0.15, 0.2) is 11.5 Å². The Bertz CT molecular complexity index is 621. The van der Waals surface area contributed by atoms with Gasteiger partial charge in [-0.3, -0.25) is 4.90 Å². The maximum absolute atomic E-state index is 5.62. The molecule has 1 saturated heterocycles. The molecule has 118 valence electrons. The molecule has 0 spiro atoms. The zero-order valence-corrected chi connectivity index (χ0v) is 13.0. The minimum Gasteiger partial charge on any atom is -0.493 e. The van der Waals surface area contributed by atoms with Crippen LogP contribution in [0.4, 0.5) is 0 Å². The monoisotopic (exact) mass is 303 g/mol. The summed E-state index contributed by atoms with van der Waals surface area (Å²) < 4.78 is 16.2. The van der Waals surface area contributed by atoms with Crippen LogP contribution >= 0.6 is 0 Å². The average Bonchev–Trinajstić information content (AvgIpc) is 3.03. The Balaban J connectivity index is 1.75. The highest BCUT2D eigenvalue weighted by molar-refractivity contribution is 5.60. The number of nitrogens with one attached hydrogen (secondary N) is 1. The highest BCUT2D eigenvalue weighted by Gasteiger charge is 2.14. The van der Waals surface area contributed by atoms with Gasteiger partial charge in [0.1, 0.15) is 6.26 Å². The molecule has 22 heavy (non-hydrogen) atoms. The molecular formula is C16H21N3O3. The number of hydrogen-bond acceptors (Lipinski definition) is 6. The highest BCUT2D eigenvalue weighted by atomic mass is 16.5. The first-order valence-electron chi connectivity index (χ1n) is 7.40. The molecule has 6 nitrogen and oxygen atoms in total. The van der Waals surface area contributed by atoms with Crippen molar-refractivity contribution in [2.45, 2.75) is 6.54 Å². The molecule has 3 rings (SSSR count). The normalized spacial score (nSPS) is 15.7. The van der Waals surface area contributed by atoms with Crippen molar-refractivity contribution in [3.63, 3.8) is 0 Å². The molecule has 1 aromatic heterocycles. The van der Waals surface area contributed by atoms with Crippen molar-refractivity contribution < 1.29 is 13.9 Å². The lowest BCUT2D eigenvalue weighted by Crippen LogP contribution is -2.42. The van der Waals surface area contributed by atoms with Crippen LogP contribution < -0.4 is 14.8 Å². The highest BCUT2D eigenvalue weighted by Crippen LogP contribution is 2.31. The van der Waals surface area contributed by atoms with E-state index >= 15 is 0 Å². The second-order valence-electron chi connectivity index (χ2n) is 5.24. The third-order valence-corrected chi connectivity index (χ3v) is 3.78. The summed E-state index contributed by atoms with van der Waals surface area (Å²) in [4.78, 5) is 6.95. The van der Waals surface area contributed by atoms with Crippen LogP contribution in [-0.4, -0.2) is 50.3 Å². The Hall–Kier alpha value is -2.05. The summed E-state index contributed by atoms with van der Waals surface area (Å²) in [5.41, 5.74) is 1.83. The number of rotatable bonds is 5. The molecule has 1 aliphatic rings. The smallest absolute Gasteiger partial charge is 0.226 e. The van der Waals surface area contributed by atoms with Crippen LogP contribution in [0.1, 0.15) is 5.69 Å². The minimum atomic E-state index is 0.603. The van der Waals surface area contributed by atoms with Gasteiger partial charge in [-0.2, -0.15) is 0 Å². The van der Waals surface area contributed by atoms with Gasteiger partial charge in [-0.1, -0.05) is 0 Å². The second kappa shape index (κ2) is 6.81. The quantitative estimate of drug-likeness (QED) is 0.908. The van der Waals surface area contributed by atoms with Gasteiger partial charge in [0.05, 0.1) is 19.9 Å². The zero-order valence-electron chi connectivity index (χ0n) is 13.0. The van der Waals surface area contributed by atoms with Gasteiger partial charge in [0, 0.05) is 38.3 Å². The molecule has 1 aromatic carbocycles. The van der Waals surface area contributed by atoms with E-state index in [-0.39, 0.29) is 0 Å². The summed E-state index contributed by atoms with van der Waals surface area (Å²) in [5, 5.41) is 3.34. The van der Waals surface area contributed by atoms with Crippen LogP contribution in [0.3, 0.4) is 0 Å². The fraction of sp³-hybridized carbons (Fsp3) is 0.438. The summed E-state index contributed by atoms with van der Waals surface area (Å²) in [6.07, 6.45) is 1.73. The third-order valence-electron chi connectivity index (χ3n) is 3.78. The standard InChI is InChI=1S/C16H21N3O3/c1-20-14-4-3-12(9-15(14)21-2)16-18-13(11-22-16)10-19-7-5-17-6-8-19/h3-4,9,11,17H,5-8,10H2,1-2H3. The molecule has 6 heteroatoms. The Morgan fingerprint density at radius 2 is 1.95 bits per heavy atom. The van der Waals surface area contributed by atoms with E-state index in [0.717, 1.165) is 44.0 Å². The maximum atomic E-state index is 5.62. The van der Waals surface area contributed by atoms with Crippen molar-refractivity contribution in [1.82, 2.24) is 15.2 Å². The van der Waals surface area contributed by atoms with Crippen molar-refractivity contribution in [1.29, 1.82) is 0 Å². The zero-order chi connectivity index (χ0) is 15.4. The lowest BCUT2D eigenvalue weighted by Gasteiger charge is -2.26. The fourth-order valence-electron chi connectivity index (χ4n) is 2.58. The van der Waals surface area contributed by atoms with Crippen LogP contribution in [0.15, 0.2) is 28.9 Å². The number of oxazole rings is 1. The van der Waals surface area contributed by atoms with Gasteiger partial charge in [0.25, 0.3) is 0 Å². The van der Waals surface area contributed by atoms with E-state index in [1.807, 2.05) is 18.2 Å². The number of hydrogen-bond donors (Lipinski definition) is 1. The summed E-state index contributed by atoms with van der Waals surface area (Å²) in [7, 11) is 3.24. The van der Waals surface area contributed by atoms with Crippen molar-refractivity contribution in [3.8, 4) is 23.0 Å². The topological polar surface area (TPSA) is 59.8 Å². The molecule has 0 unspecified atom stereocenters. The van der Waals surface area contributed by atoms with E-state index < -0.39 is 0 Å². The van der Waals surface area contributed by atoms with Crippen molar-refractivity contribution in [2.24, 2.45) is 0 Å². The Morgan fingerprint density at radius 3 is 2.68 bits per heavy atom. The van der Waals surface area contributed by atoms with Gasteiger partial charge in [-0.05, 0) is 18.2 Å². The number of nitrogens with zero attached hydrogens (tertiary/aromatic N) is 2. The molecule has 0 atom stereocenters. The van der Waals surface area contributed by atoms with E-state index in [4.69, 9.17) is 13.9 Å². The van der Waals surface area contributed by atoms with Crippen LogP contribution in [-0.2, 0) is 6.54 Å². The number of piperazine rings is 1. The lowest BCUT2D eigenvalue weighted by atomic mass is 10.2. The lowest BCUT2D eigenvalue weighted by molar-refractivity contribution is 0.230. The number of methoxy groups -OCH3 is 2. The summed E-state index contributed by atoms with van der Waals surface area (Å²) in [6.45, 7) is 4.95. The molecule has 1 N–H and O–H groups in total. The number of aromatic nitrogens is 1. The van der Waals surface area contributed by atoms with Crippen LogP contribution in [0.5, 0.6) is 11.5 Å². The van der Waals surface area contributed by atoms with Crippen LogP contribution in [0, 0.1) is 0 Å². The Morgan fingerprint density at radius 1 is 1.18 bits per heavy atom. The Kier molecular flexibility index (Phi) is 4.60. The van der Waals surface area contributed by atoms with Gasteiger partial charge in [-0.15, -0.1) is 0 Å². The van der Waals surface area contributed by atoms with Gasteiger partial charge in [-0.25, -0.2) is 4.98 Å². The van der Waals surface area contributed by atoms with Crippen molar-refractivity contribution >= 4 is 0 Å². The summed E-state index contributed by atoms with van der Waals surface area (Å²) in [5.74, 6) is 1.96. The Labute approximate surface area is 130 Å². The van der Waals surface area contributed by atoms with E-state index in [1.54, 1.807) is 20.5 Å². The SMILES string of the molecule is COc1ccc(-c2nc(CN3CCNCC3)co2)cc1OC. The largest absolute Gasteiger partial charge is 0.493 e. The minimum absolute atomic E-state index is 0.603. The first kappa shape index (κ1) is 14.9. The first-order valence-corrected chi connectivity index (χ1v) is 7.40. The van der Waals surface area contributed by atoms with Crippen LogP contribution in [0.2, 0.25) is 0 Å². The summed E-state index contributed by atoms with van der Waals surface area (Å²) in [6, 6.07) is 5.65. The van der Waals surface area contributed by atoms with Crippen molar-refractivity contribution in [3.05, 3.63) is 30.2 Å². The summed E-state index contributed by atoms with van der Waals surface area (Å²) >= 11 is 0. The van der Waals surface area contributed by atoms with Crippen molar-refractivity contribution in [2.75, 3.05) is 40.4 Å². The van der Waals surface area contributed by atoms with Gasteiger partial charge >= 0.3 is 0 Å². The number of benzene rings is 1. The fourth-order valence-corrected chi connectivity index (χ4v) is 2.58. The molecule has 2 heterocycles. The maximum Gasteiger partial charge on any atom is 0.226 e. The van der Waals surface area contributed by atoms with E-state index in [9.17, 15) is 0 Å². The molecule has 0 aliphatic carbocycles. The molecule has 0 radical (unpaired) electrons. The van der Waals surface area contributed by atoms with E-state index in [0.29, 0.717) is 17.4 Å². The van der Waals surface area contributed by atoms with Gasteiger partial charge < -0.3 is 19.2 Å². The van der Waals surface area contributed by atoms with E-state index in [1.165, 1.54) is 0 Å². The molecule has 0 amide bonds. The number of ether oxygens (including phenoxy) is 2. The molecule has 0 saturated carbocycles. The average molecular weight is 303 g/mol. The third kappa shape index (κ3) is 3.23. The molecule has 0 bridgehead atoms. The predicted molar refractivity (Wildman–Crippen MR) is 83.2 cm³/mol. The van der Waals surface area contributed by atoms with Crippen LogP contribution in [0.25, 0.3) is 11.5 Å². The molecular weight excluding hydrogens is 282 g/mol. The first-order chi connectivity index (χ1) is 10.8. The second-order valence-corrected chi connectivity index (χ2v) is 5.24. The predicted octanol–water partition coefficient (Wildman–Crippen LogP) is 1.76. The molecule has 1 fully saturated rings. The molecule has 2 aromatic rings. The van der Waals surface area contributed by atoms with E-state index in [2.05, 4.69) is 15.2 Å².